The molecule has 3 nitrogen and oxygen atoms in total. The Morgan fingerprint density at radius 1 is 1.33 bits per heavy atom. The lowest BCUT2D eigenvalue weighted by Gasteiger charge is -2.25. The van der Waals surface area contributed by atoms with Crippen molar-refractivity contribution in [2.75, 3.05) is 0 Å². The Balaban J connectivity index is 2.19. The fourth-order valence-corrected chi connectivity index (χ4v) is 3.59. The van der Waals surface area contributed by atoms with E-state index < -0.39 is 0 Å². The minimum absolute atomic E-state index is 0.195. The van der Waals surface area contributed by atoms with Crippen molar-refractivity contribution in [1.29, 1.82) is 5.26 Å². The molecular formula is C18H23N3. The first kappa shape index (κ1) is 14.1. The third-order valence-corrected chi connectivity index (χ3v) is 4.67. The molecule has 0 unspecified atom stereocenters. The van der Waals surface area contributed by atoms with E-state index in [0.29, 0.717) is 11.5 Å². The van der Waals surface area contributed by atoms with Crippen LogP contribution in [0, 0.1) is 17.2 Å². The average molecular weight is 281 g/mol. The van der Waals surface area contributed by atoms with Gasteiger partial charge in [-0.15, -0.1) is 0 Å². The first-order chi connectivity index (χ1) is 10.0. The number of rotatable bonds is 3. The maximum Gasteiger partial charge on any atom is 0.115 e. The molecule has 3 heteroatoms. The second kappa shape index (κ2) is 5.18. The van der Waals surface area contributed by atoms with Crippen LogP contribution in [-0.2, 0) is 12.0 Å². The minimum atomic E-state index is 0.195. The van der Waals surface area contributed by atoms with Gasteiger partial charge in [0.05, 0.1) is 22.7 Å². The van der Waals surface area contributed by atoms with Gasteiger partial charge in [-0.25, -0.2) is 4.98 Å². The number of aromatic nitrogens is 2. The molecule has 1 aliphatic rings. The molecule has 0 saturated heterocycles. The number of imidazole rings is 1. The summed E-state index contributed by atoms with van der Waals surface area (Å²) in [5.74, 6) is 1.81. The summed E-state index contributed by atoms with van der Waals surface area (Å²) >= 11 is 0. The molecule has 0 bridgehead atoms. The lowest BCUT2D eigenvalue weighted by Crippen LogP contribution is -2.24. The molecule has 1 aromatic carbocycles. The van der Waals surface area contributed by atoms with Crippen molar-refractivity contribution >= 4 is 11.0 Å². The summed E-state index contributed by atoms with van der Waals surface area (Å²) in [6.07, 6.45) is 5.04. The van der Waals surface area contributed by atoms with Gasteiger partial charge < -0.3 is 4.57 Å². The maximum atomic E-state index is 9.10. The Kier molecular flexibility index (Phi) is 3.49. The van der Waals surface area contributed by atoms with Crippen LogP contribution in [0.1, 0.15) is 57.8 Å². The first-order valence-corrected chi connectivity index (χ1v) is 7.94. The smallest absolute Gasteiger partial charge is 0.115 e. The highest BCUT2D eigenvalue weighted by Crippen LogP contribution is 2.41. The standard InChI is InChI=1S/C18H23N3/c1-13(2)12-21-16-7-6-14(11-19)10-15(16)20-17(21)18(3)8-4-5-9-18/h6-7,10,13H,4-5,8-9,12H2,1-3H3. The van der Waals surface area contributed by atoms with Crippen LogP contribution in [0.2, 0.25) is 0 Å². The van der Waals surface area contributed by atoms with Crippen LogP contribution in [0.3, 0.4) is 0 Å². The summed E-state index contributed by atoms with van der Waals surface area (Å²) in [4.78, 5) is 4.94. The van der Waals surface area contributed by atoms with Gasteiger partial charge in [0.15, 0.2) is 0 Å². The number of nitriles is 1. The maximum absolute atomic E-state index is 9.10. The Morgan fingerprint density at radius 2 is 2.05 bits per heavy atom. The molecule has 110 valence electrons. The van der Waals surface area contributed by atoms with E-state index >= 15 is 0 Å². The highest BCUT2D eigenvalue weighted by molar-refractivity contribution is 5.78. The molecule has 0 radical (unpaired) electrons. The first-order valence-electron chi connectivity index (χ1n) is 7.94. The Hall–Kier alpha value is -1.82. The van der Waals surface area contributed by atoms with E-state index in [1.165, 1.54) is 37.0 Å². The largest absolute Gasteiger partial charge is 0.327 e. The van der Waals surface area contributed by atoms with Crippen molar-refractivity contribution in [1.82, 2.24) is 9.55 Å². The van der Waals surface area contributed by atoms with Crippen molar-refractivity contribution < 1.29 is 0 Å². The van der Waals surface area contributed by atoms with Crippen molar-refractivity contribution in [2.24, 2.45) is 5.92 Å². The van der Waals surface area contributed by atoms with E-state index in [1.807, 2.05) is 12.1 Å². The monoisotopic (exact) mass is 281 g/mol. The molecule has 0 spiro atoms. The summed E-state index contributed by atoms with van der Waals surface area (Å²) in [5, 5.41) is 9.10. The van der Waals surface area contributed by atoms with Crippen LogP contribution in [0.4, 0.5) is 0 Å². The van der Waals surface area contributed by atoms with E-state index in [0.717, 1.165) is 12.1 Å². The molecule has 1 heterocycles. The molecule has 3 rings (SSSR count). The lowest BCUT2D eigenvalue weighted by molar-refractivity contribution is 0.413. The summed E-state index contributed by atoms with van der Waals surface area (Å²) in [6.45, 7) is 7.84. The molecule has 0 atom stereocenters. The fraction of sp³-hybridized carbons (Fsp3) is 0.556. The van der Waals surface area contributed by atoms with Crippen LogP contribution in [0.25, 0.3) is 11.0 Å². The number of nitrogens with zero attached hydrogens (tertiary/aromatic N) is 3. The van der Waals surface area contributed by atoms with Crippen LogP contribution in [0.5, 0.6) is 0 Å². The quantitative estimate of drug-likeness (QED) is 0.837. The summed E-state index contributed by atoms with van der Waals surface area (Å²) in [7, 11) is 0. The van der Waals surface area contributed by atoms with Gasteiger partial charge in [-0.3, -0.25) is 0 Å². The Morgan fingerprint density at radius 3 is 2.67 bits per heavy atom. The normalized spacial score (nSPS) is 17.5. The summed E-state index contributed by atoms with van der Waals surface area (Å²) in [5.41, 5.74) is 3.03. The van der Waals surface area contributed by atoms with Gasteiger partial charge in [0.25, 0.3) is 0 Å². The molecular weight excluding hydrogens is 258 g/mol. The van der Waals surface area contributed by atoms with E-state index in [4.69, 9.17) is 10.2 Å². The predicted molar refractivity (Wildman–Crippen MR) is 85.1 cm³/mol. The Labute approximate surface area is 126 Å². The van der Waals surface area contributed by atoms with Gasteiger partial charge in [0.1, 0.15) is 5.82 Å². The predicted octanol–water partition coefficient (Wildman–Crippen LogP) is 4.40. The van der Waals surface area contributed by atoms with E-state index in [1.54, 1.807) is 0 Å². The van der Waals surface area contributed by atoms with Crippen LogP contribution < -0.4 is 0 Å². The minimum Gasteiger partial charge on any atom is -0.327 e. The molecule has 1 saturated carbocycles. The zero-order valence-corrected chi connectivity index (χ0v) is 13.2. The molecule has 1 aliphatic carbocycles. The van der Waals surface area contributed by atoms with Crippen LogP contribution in [0.15, 0.2) is 18.2 Å². The second-order valence-corrected chi connectivity index (χ2v) is 7.02. The number of benzene rings is 1. The second-order valence-electron chi connectivity index (χ2n) is 7.02. The molecule has 0 aliphatic heterocycles. The van der Waals surface area contributed by atoms with Crippen LogP contribution >= 0.6 is 0 Å². The topological polar surface area (TPSA) is 41.6 Å². The van der Waals surface area contributed by atoms with Gasteiger partial charge in [0, 0.05) is 12.0 Å². The summed E-state index contributed by atoms with van der Waals surface area (Å²) in [6, 6.07) is 8.11. The van der Waals surface area contributed by atoms with E-state index in [-0.39, 0.29) is 5.41 Å². The SMILES string of the molecule is CC(C)Cn1c(C2(C)CCCC2)nc2cc(C#N)ccc21. The summed E-state index contributed by atoms with van der Waals surface area (Å²) < 4.78 is 2.40. The molecule has 1 aromatic heterocycles. The number of hydrogen-bond acceptors (Lipinski definition) is 2. The van der Waals surface area contributed by atoms with Crippen molar-refractivity contribution in [2.45, 2.75) is 58.4 Å². The fourth-order valence-electron chi connectivity index (χ4n) is 3.59. The number of hydrogen-bond donors (Lipinski definition) is 0. The average Bonchev–Trinajstić information content (AvgIpc) is 3.03. The number of fused-ring (bicyclic) bond motifs is 1. The van der Waals surface area contributed by atoms with Gasteiger partial charge in [0.2, 0.25) is 0 Å². The zero-order chi connectivity index (χ0) is 15.0. The van der Waals surface area contributed by atoms with Gasteiger partial charge in [-0.1, -0.05) is 33.6 Å². The Bertz CT molecular complexity index is 697. The van der Waals surface area contributed by atoms with Gasteiger partial charge >= 0.3 is 0 Å². The van der Waals surface area contributed by atoms with Crippen molar-refractivity contribution in [3.63, 3.8) is 0 Å². The zero-order valence-electron chi connectivity index (χ0n) is 13.2. The van der Waals surface area contributed by atoms with Gasteiger partial charge in [-0.05, 0) is 37.0 Å². The highest BCUT2D eigenvalue weighted by Gasteiger charge is 2.35. The van der Waals surface area contributed by atoms with E-state index in [9.17, 15) is 0 Å². The lowest BCUT2D eigenvalue weighted by atomic mass is 9.87. The highest BCUT2D eigenvalue weighted by atomic mass is 15.1. The van der Waals surface area contributed by atoms with Crippen molar-refractivity contribution in [3.8, 4) is 6.07 Å². The van der Waals surface area contributed by atoms with Crippen LogP contribution in [-0.4, -0.2) is 9.55 Å². The van der Waals surface area contributed by atoms with Gasteiger partial charge in [-0.2, -0.15) is 5.26 Å². The van der Waals surface area contributed by atoms with E-state index in [2.05, 4.69) is 37.5 Å². The molecule has 2 aromatic rings. The molecule has 1 fully saturated rings. The molecule has 0 N–H and O–H groups in total. The molecule has 0 amide bonds. The molecule has 21 heavy (non-hydrogen) atoms. The third kappa shape index (κ3) is 2.44. The van der Waals surface area contributed by atoms with Crippen molar-refractivity contribution in [3.05, 3.63) is 29.6 Å². The third-order valence-electron chi connectivity index (χ3n) is 4.67.